The van der Waals surface area contributed by atoms with Crippen LogP contribution in [0, 0.1) is 5.82 Å². The zero-order valence-corrected chi connectivity index (χ0v) is 9.29. The van der Waals surface area contributed by atoms with Crippen LogP contribution in [0.1, 0.15) is 19.4 Å². The van der Waals surface area contributed by atoms with Gasteiger partial charge >= 0.3 is 5.97 Å². The van der Waals surface area contributed by atoms with Crippen molar-refractivity contribution in [2.45, 2.75) is 13.8 Å². The Kier molecular flexibility index (Phi) is 4.05. The van der Waals surface area contributed by atoms with Crippen molar-refractivity contribution in [3.63, 3.8) is 0 Å². The van der Waals surface area contributed by atoms with E-state index in [4.69, 9.17) is 10.5 Å². The molecule has 86 valence electrons. The van der Waals surface area contributed by atoms with Crippen molar-refractivity contribution in [2.75, 3.05) is 12.3 Å². The third-order valence-corrected chi connectivity index (χ3v) is 2.02. The minimum Gasteiger partial charge on any atom is -0.463 e. The third kappa shape index (κ3) is 3.08. The van der Waals surface area contributed by atoms with Gasteiger partial charge in [0.25, 0.3) is 0 Å². The Morgan fingerprint density at radius 3 is 2.88 bits per heavy atom. The lowest BCUT2D eigenvalue weighted by Gasteiger charge is -2.04. The highest BCUT2D eigenvalue weighted by Gasteiger charge is 2.06. The highest BCUT2D eigenvalue weighted by molar-refractivity contribution is 5.93. The molecule has 0 amide bonds. The zero-order valence-electron chi connectivity index (χ0n) is 9.29. The molecule has 2 N–H and O–H groups in total. The van der Waals surface area contributed by atoms with Crippen LogP contribution in [0.3, 0.4) is 0 Å². The van der Waals surface area contributed by atoms with Gasteiger partial charge in [-0.25, -0.2) is 9.18 Å². The quantitative estimate of drug-likeness (QED) is 0.486. The molecule has 0 unspecified atom stereocenters. The summed E-state index contributed by atoms with van der Waals surface area (Å²) in [7, 11) is 0. The largest absolute Gasteiger partial charge is 0.463 e. The summed E-state index contributed by atoms with van der Waals surface area (Å²) in [6, 6.07) is 4.00. The second-order valence-corrected chi connectivity index (χ2v) is 3.32. The Morgan fingerprint density at radius 1 is 1.56 bits per heavy atom. The van der Waals surface area contributed by atoms with Crippen LogP contribution in [-0.2, 0) is 9.53 Å². The number of hydrogen-bond donors (Lipinski definition) is 1. The number of nitrogens with two attached hydrogens (primary N) is 1. The first-order chi connectivity index (χ1) is 7.54. The number of esters is 1. The van der Waals surface area contributed by atoms with E-state index in [1.165, 1.54) is 24.3 Å². The SMILES string of the molecule is CCOC(=O)/C(C)=C/c1cc(F)ccc1N. The van der Waals surface area contributed by atoms with E-state index in [9.17, 15) is 9.18 Å². The Labute approximate surface area is 93.7 Å². The Bertz CT molecular complexity index is 427. The lowest BCUT2D eigenvalue weighted by Crippen LogP contribution is -2.05. The molecular formula is C12H14FNO2. The standard InChI is InChI=1S/C12H14FNO2/c1-3-16-12(15)8(2)6-9-7-10(13)4-5-11(9)14/h4-7H,3,14H2,1-2H3/b8-6+. The van der Waals surface area contributed by atoms with Crippen molar-refractivity contribution in [3.05, 3.63) is 35.2 Å². The summed E-state index contributed by atoms with van der Waals surface area (Å²) in [5.41, 5.74) is 6.94. The van der Waals surface area contributed by atoms with Crippen molar-refractivity contribution < 1.29 is 13.9 Å². The molecule has 0 aliphatic heterocycles. The molecular weight excluding hydrogens is 209 g/mol. The summed E-state index contributed by atoms with van der Waals surface area (Å²) >= 11 is 0. The van der Waals surface area contributed by atoms with E-state index < -0.39 is 11.8 Å². The van der Waals surface area contributed by atoms with Crippen LogP contribution in [0.4, 0.5) is 10.1 Å². The monoisotopic (exact) mass is 223 g/mol. The van der Waals surface area contributed by atoms with Gasteiger partial charge in [-0.2, -0.15) is 0 Å². The number of carbonyl (C=O) groups excluding carboxylic acids is 1. The lowest BCUT2D eigenvalue weighted by atomic mass is 10.1. The summed E-state index contributed by atoms with van der Waals surface area (Å²) in [5.74, 6) is -0.816. The summed E-state index contributed by atoms with van der Waals surface area (Å²) in [6.07, 6.45) is 1.51. The first-order valence-electron chi connectivity index (χ1n) is 4.95. The van der Waals surface area contributed by atoms with Gasteiger partial charge in [-0.15, -0.1) is 0 Å². The average molecular weight is 223 g/mol. The van der Waals surface area contributed by atoms with Gasteiger partial charge in [0.05, 0.1) is 6.61 Å². The number of halogens is 1. The summed E-state index contributed by atoms with van der Waals surface area (Å²) in [5, 5.41) is 0. The van der Waals surface area contributed by atoms with Crippen LogP contribution < -0.4 is 5.73 Å². The molecule has 0 fully saturated rings. The summed E-state index contributed by atoms with van der Waals surface area (Å²) in [6.45, 7) is 3.63. The molecule has 0 aliphatic rings. The molecule has 1 rings (SSSR count). The van der Waals surface area contributed by atoms with Crippen LogP contribution in [0.2, 0.25) is 0 Å². The lowest BCUT2D eigenvalue weighted by molar-refractivity contribution is -0.138. The minimum absolute atomic E-state index is 0.308. The topological polar surface area (TPSA) is 52.3 Å². The molecule has 0 aromatic heterocycles. The number of ether oxygens (including phenoxy) is 1. The molecule has 3 nitrogen and oxygen atoms in total. The van der Waals surface area contributed by atoms with Gasteiger partial charge in [-0.05, 0) is 38.1 Å². The molecule has 0 radical (unpaired) electrons. The van der Waals surface area contributed by atoms with Crippen molar-refractivity contribution in [1.29, 1.82) is 0 Å². The van der Waals surface area contributed by atoms with E-state index >= 15 is 0 Å². The van der Waals surface area contributed by atoms with E-state index in [2.05, 4.69) is 0 Å². The molecule has 0 saturated carbocycles. The van der Waals surface area contributed by atoms with Crippen molar-refractivity contribution in [1.82, 2.24) is 0 Å². The predicted octanol–water partition coefficient (Wildman–Crippen LogP) is 2.37. The van der Waals surface area contributed by atoms with E-state index in [0.29, 0.717) is 23.4 Å². The predicted molar refractivity (Wildman–Crippen MR) is 61.1 cm³/mol. The van der Waals surface area contributed by atoms with E-state index in [1.807, 2.05) is 0 Å². The number of nitrogen functional groups attached to an aromatic ring is 1. The Hall–Kier alpha value is -1.84. The normalized spacial score (nSPS) is 11.3. The first kappa shape index (κ1) is 12.2. The van der Waals surface area contributed by atoms with Crippen LogP contribution in [0.15, 0.2) is 23.8 Å². The number of rotatable bonds is 3. The smallest absolute Gasteiger partial charge is 0.333 e. The molecule has 0 bridgehead atoms. The molecule has 0 heterocycles. The molecule has 0 spiro atoms. The fourth-order valence-corrected chi connectivity index (χ4v) is 1.21. The third-order valence-electron chi connectivity index (χ3n) is 2.02. The fraction of sp³-hybridized carbons (Fsp3) is 0.250. The van der Waals surface area contributed by atoms with Crippen LogP contribution in [0.25, 0.3) is 6.08 Å². The zero-order chi connectivity index (χ0) is 12.1. The van der Waals surface area contributed by atoms with Crippen LogP contribution in [0.5, 0.6) is 0 Å². The second-order valence-electron chi connectivity index (χ2n) is 3.32. The van der Waals surface area contributed by atoms with Crippen molar-refractivity contribution >= 4 is 17.7 Å². The van der Waals surface area contributed by atoms with Crippen LogP contribution in [-0.4, -0.2) is 12.6 Å². The van der Waals surface area contributed by atoms with Gasteiger partial charge in [0.15, 0.2) is 0 Å². The number of hydrogen-bond acceptors (Lipinski definition) is 3. The van der Waals surface area contributed by atoms with Gasteiger partial charge in [-0.1, -0.05) is 0 Å². The highest BCUT2D eigenvalue weighted by atomic mass is 19.1. The highest BCUT2D eigenvalue weighted by Crippen LogP contribution is 2.17. The maximum absolute atomic E-state index is 12.9. The van der Waals surface area contributed by atoms with Crippen molar-refractivity contribution in [3.8, 4) is 0 Å². The Morgan fingerprint density at radius 2 is 2.25 bits per heavy atom. The summed E-state index contributed by atoms with van der Waals surface area (Å²) in [4.78, 5) is 11.3. The van der Waals surface area contributed by atoms with Gasteiger partial charge < -0.3 is 10.5 Å². The van der Waals surface area contributed by atoms with E-state index in [-0.39, 0.29) is 0 Å². The molecule has 1 aromatic carbocycles. The molecule has 4 heteroatoms. The molecule has 16 heavy (non-hydrogen) atoms. The average Bonchev–Trinajstić information content (AvgIpc) is 2.23. The van der Waals surface area contributed by atoms with Crippen LogP contribution >= 0.6 is 0 Å². The van der Waals surface area contributed by atoms with Gasteiger partial charge in [0, 0.05) is 16.8 Å². The van der Waals surface area contributed by atoms with Gasteiger partial charge in [0.1, 0.15) is 5.82 Å². The maximum Gasteiger partial charge on any atom is 0.333 e. The minimum atomic E-state index is -0.425. The van der Waals surface area contributed by atoms with E-state index in [1.54, 1.807) is 13.8 Å². The van der Waals surface area contributed by atoms with Crippen molar-refractivity contribution in [2.24, 2.45) is 0 Å². The number of anilines is 1. The summed E-state index contributed by atoms with van der Waals surface area (Å²) < 4.78 is 17.7. The second kappa shape index (κ2) is 5.30. The van der Waals surface area contributed by atoms with Gasteiger partial charge in [0.2, 0.25) is 0 Å². The number of carbonyl (C=O) groups is 1. The molecule has 0 atom stereocenters. The molecule has 0 aliphatic carbocycles. The molecule has 1 aromatic rings. The molecule has 0 saturated heterocycles. The number of benzene rings is 1. The maximum atomic E-state index is 12.9. The fourth-order valence-electron chi connectivity index (χ4n) is 1.21. The first-order valence-corrected chi connectivity index (χ1v) is 4.95. The Balaban J connectivity index is 2.97. The van der Waals surface area contributed by atoms with E-state index in [0.717, 1.165) is 0 Å². The van der Waals surface area contributed by atoms with Gasteiger partial charge in [-0.3, -0.25) is 0 Å².